The van der Waals surface area contributed by atoms with Crippen LogP contribution in [0.15, 0.2) is 67.0 Å². The summed E-state index contributed by atoms with van der Waals surface area (Å²) in [5.41, 5.74) is 0.0635. The third-order valence-corrected chi connectivity index (χ3v) is 8.04. The van der Waals surface area contributed by atoms with Gasteiger partial charge in [0.05, 0.1) is 11.3 Å². The highest BCUT2D eigenvalue weighted by Gasteiger charge is 2.37. The average Bonchev–Trinajstić information content (AvgIpc) is 3.36. The van der Waals surface area contributed by atoms with Crippen LogP contribution in [0, 0.1) is 11.8 Å². The molecule has 2 aromatic carbocycles. The number of carboxylic acid groups (broad SMARTS) is 1. The predicted molar refractivity (Wildman–Crippen MR) is 157 cm³/mol. The molecule has 4 aromatic rings. The molecule has 0 radical (unpaired) electrons. The van der Waals surface area contributed by atoms with Crippen molar-refractivity contribution in [3.05, 3.63) is 83.7 Å². The summed E-state index contributed by atoms with van der Waals surface area (Å²) in [6, 6.07) is 14.0. The molecular weight excluding hydrogens is 559 g/mol. The number of carbonyl (C=O) groups excluding carboxylic acids is 1. The van der Waals surface area contributed by atoms with Crippen LogP contribution in [0.3, 0.4) is 0 Å². The maximum atomic E-state index is 14.2. The van der Waals surface area contributed by atoms with E-state index in [4.69, 9.17) is 4.74 Å². The molecule has 43 heavy (non-hydrogen) atoms. The van der Waals surface area contributed by atoms with Gasteiger partial charge in [-0.1, -0.05) is 25.1 Å². The Bertz CT molecular complexity index is 1640. The number of aromatic nitrogens is 2. The zero-order valence-electron chi connectivity index (χ0n) is 24.3. The molecule has 0 spiro atoms. The van der Waals surface area contributed by atoms with E-state index in [9.17, 15) is 27.9 Å². The van der Waals surface area contributed by atoms with E-state index in [2.05, 4.69) is 11.9 Å². The van der Waals surface area contributed by atoms with Crippen LogP contribution < -0.4 is 9.64 Å². The van der Waals surface area contributed by atoms with Crippen LogP contribution in [0.4, 0.5) is 18.9 Å². The van der Waals surface area contributed by atoms with Crippen LogP contribution in [0.1, 0.15) is 67.9 Å². The number of carbonyl (C=O) groups is 2. The second kappa shape index (κ2) is 12.1. The Balaban J connectivity index is 1.44. The molecule has 10 heteroatoms. The van der Waals surface area contributed by atoms with E-state index >= 15 is 0 Å². The Labute approximate surface area is 247 Å². The molecule has 0 bridgehead atoms. The van der Waals surface area contributed by atoms with Gasteiger partial charge in [-0.3, -0.25) is 4.79 Å². The van der Waals surface area contributed by atoms with E-state index in [-0.39, 0.29) is 41.4 Å². The van der Waals surface area contributed by atoms with E-state index in [1.54, 1.807) is 20.0 Å². The number of fused-ring (bicyclic) bond motifs is 1. The molecule has 1 aliphatic carbocycles. The van der Waals surface area contributed by atoms with Crippen molar-refractivity contribution in [1.82, 2.24) is 9.55 Å². The summed E-state index contributed by atoms with van der Waals surface area (Å²) in [6.07, 6.45) is 1.66. The molecule has 1 amide bonds. The van der Waals surface area contributed by atoms with E-state index in [1.165, 1.54) is 23.2 Å². The fraction of sp³-hybridized carbons (Fsp3) is 0.364. The number of amides is 1. The van der Waals surface area contributed by atoms with Crippen LogP contribution >= 0.6 is 0 Å². The van der Waals surface area contributed by atoms with Crippen LogP contribution in [0.2, 0.25) is 0 Å². The van der Waals surface area contributed by atoms with Gasteiger partial charge < -0.3 is 19.3 Å². The molecule has 0 atom stereocenters. The predicted octanol–water partition coefficient (Wildman–Crippen LogP) is 8.16. The molecular formula is C33H34F3N3O4. The highest BCUT2D eigenvalue weighted by Crippen LogP contribution is 2.39. The minimum atomic E-state index is -4.77. The number of pyridine rings is 1. The number of benzene rings is 2. The molecule has 2 aromatic heterocycles. The van der Waals surface area contributed by atoms with Crippen LogP contribution in [0.5, 0.6) is 11.6 Å². The maximum Gasteiger partial charge on any atom is 0.421 e. The van der Waals surface area contributed by atoms with Gasteiger partial charge in [0.15, 0.2) is 0 Å². The first-order valence-electron chi connectivity index (χ1n) is 14.4. The molecule has 1 fully saturated rings. The summed E-state index contributed by atoms with van der Waals surface area (Å²) >= 11 is 0. The third-order valence-electron chi connectivity index (χ3n) is 8.04. The Kier molecular flexibility index (Phi) is 8.48. The van der Waals surface area contributed by atoms with Gasteiger partial charge in [-0.25, -0.2) is 9.78 Å². The van der Waals surface area contributed by atoms with Crippen molar-refractivity contribution in [2.75, 3.05) is 4.90 Å². The Morgan fingerprint density at radius 3 is 2.47 bits per heavy atom. The number of aromatic carboxylic acids is 1. The van der Waals surface area contributed by atoms with Crippen molar-refractivity contribution in [3.63, 3.8) is 0 Å². The van der Waals surface area contributed by atoms with Gasteiger partial charge in [0.1, 0.15) is 11.3 Å². The topological polar surface area (TPSA) is 84.7 Å². The molecule has 0 saturated heterocycles. The summed E-state index contributed by atoms with van der Waals surface area (Å²) in [5, 5.41) is 11.0. The summed E-state index contributed by atoms with van der Waals surface area (Å²) < 4.78 is 49.9. The Morgan fingerprint density at radius 1 is 1.07 bits per heavy atom. The number of alkyl halides is 3. The molecule has 5 rings (SSSR count). The van der Waals surface area contributed by atoms with E-state index in [0.717, 1.165) is 48.7 Å². The summed E-state index contributed by atoms with van der Waals surface area (Å²) in [7, 11) is 0. The number of hydrogen-bond donors (Lipinski definition) is 1. The largest absolute Gasteiger partial charge is 0.478 e. The average molecular weight is 594 g/mol. The zero-order valence-corrected chi connectivity index (χ0v) is 24.3. The highest BCUT2D eigenvalue weighted by molar-refractivity contribution is 6.03. The lowest BCUT2D eigenvalue weighted by Crippen LogP contribution is -2.42. The minimum absolute atomic E-state index is 0.133. The van der Waals surface area contributed by atoms with Crippen LogP contribution in [0.25, 0.3) is 10.9 Å². The van der Waals surface area contributed by atoms with Crippen molar-refractivity contribution in [1.29, 1.82) is 0 Å². The third kappa shape index (κ3) is 6.53. The van der Waals surface area contributed by atoms with Gasteiger partial charge in [0.25, 0.3) is 0 Å². The second-order valence-corrected chi connectivity index (χ2v) is 11.5. The number of para-hydroxylation sites is 1. The number of halogens is 3. The molecule has 1 aliphatic rings. The van der Waals surface area contributed by atoms with Gasteiger partial charge in [0, 0.05) is 36.4 Å². The second-order valence-electron chi connectivity index (χ2n) is 11.5. The van der Waals surface area contributed by atoms with Crippen molar-refractivity contribution < 1.29 is 32.6 Å². The number of rotatable bonds is 8. The minimum Gasteiger partial charge on any atom is -0.478 e. The SMILES string of the molecule is CC1CCC(C(=O)N(c2ccc(Oc3ncc(Cn4ccc5ccccc54)cc3C(F)(F)F)cc2C(=O)O)C(C)C)CC1. The number of ether oxygens (including phenoxy) is 1. The monoisotopic (exact) mass is 593 g/mol. The van der Waals surface area contributed by atoms with Gasteiger partial charge in [-0.05, 0) is 92.8 Å². The highest BCUT2D eigenvalue weighted by atomic mass is 19.4. The van der Waals surface area contributed by atoms with Gasteiger partial charge in [0.2, 0.25) is 11.8 Å². The van der Waals surface area contributed by atoms with Crippen molar-refractivity contribution in [2.45, 2.75) is 65.2 Å². The first-order valence-corrected chi connectivity index (χ1v) is 14.4. The summed E-state index contributed by atoms with van der Waals surface area (Å²) in [5.74, 6) is -1.96. The molecule has 2 heterocycles. The molecule has 1 saturated carbocycles. The molecule has 226 valence electrons. The lowest BCUT2D eigenvalue weighted by Gasteiger charge is -2.34. The summed E-state index contributed by atoms with van der Waals surface area (Å²) in [6.45, 7) is 5.92. The normalized spacial score (nSPS) is 17.3. The van der Waals surface area contributed by atoms with Crippen LogP contribution in [-0.4, -0.2) is 32.6 Å². The lowest BCUT2D eigenvalue weighted by atomic mass is 9.82. The standard InChI is InChI=1S/C33H34F3N3O4/c1-20(2)39(31(40)24-10-8-21(3)9-11-24)29-13-12-25(17-26(29)32(41)42)43-30-27(33(34,35)36)16-22(18-37-30)19-38-15-14-23-6-4-5-7-28(23)38/h4-7,12-18,20-21,24H,8-11,19H2,1-3H3,(H,41,42). The van der Waals surface area contributed by atoms with E-state index < -0.39 is 23.6 Å². The van der Waals surface area contributed by atoms with E-state index in [0.29, 0.717) is 11.5 Å². The van der Waals surface area contributed by atoms with Crippen molar-refractivity contribution >= 4 is 28.5 Å². The van der Waals surface area contributed by atoms with Crippen molar-refractivity contribution in [2.24, 2.45) is 11.8 Å². The van der Waals surface area contributed by atoms with Gasteiger partial charge >= 0.3 is 12.1 Å². The fourth-order valence-corrected chi connectivity index (χ4v) is 5.77. The number of nitrogens with zero attached hydrogens (tertiary/aromatic N) is 3. The maximum absolute atomic E-state index is 14.2. The fourth-order valence-electron chi connectivity index (χ4n) is 5.77. The Hall–Kier alpha value is -4.34. The zero-order chi connectivity index (χ0) is 30.9. The first-order chi connectivity index (χ1) is 20.4. The quantitative estimate of drug-likeness (QED) is 0.223. The van der Waals surface area contributed by atoms with Gasteiger partial charge in [-0.15, -0.1) is 0 Å². The molecule has 0 aliphatic heterocycles. The number of anilines is 1. The Morgan fingerprint density at radius 2 is 1.79 bits per heavy atom. The van der Waals surface area contributed by atoms with E-state index in [1.807, 2.05) is 34.9 Å². The number of hydrogen-bond acceptors (Lipinski definition) is 4. The summed E-state index contributed by atoms with van der Waals surface area (Å²) in [4.78, 5) is 31.3. The first kappa shape index (κ1) is 30.1. The lowest BCUT2D eigenvalue weighted by molar-refractivity contribution is -0.139. The molecule has 1 N–H and O–H groups in total. The van der Waals surface area contributed by atoms with Crippen LogP contribution in [-0.2, 0) is 17.5 Å². The molecule has 7 nitrogen and oxygen atoms in total. The number of carboxylic acids is 1. The smallest absolute Gasteiger partial charge is 0.421 e. The van der Waals surface area contributed by atoms with Crippen molar-refractivity contribution in [3.8, 4) is 11.6 Å². The van der Waals surface area contributed by atoms with Gasteiger partial charge in [-0.2, -0.15) is 13.2 Å². The molecule has 0 unspecified atom stereocenters.